The molecule has 0 bridgehead atoms. The Morgan fingerprint density at radius 2 is 1.95 bits per heavy atom. The molecule has 0 saturated heterocycles. The second kappa shape index (κ2) is 8.35. The summed E-state index contributed by atoms with van der Waals surface area (Å²) in [6.07, 6.45) is 0. The van der Waals surface area contributed by atoms with E-state index in [0.717, 1.165) is 5.56 Å². The van der Waals surface area contributed by atoms with Gasteiger partial charge in [0, 0.05) is 12.6 Å². The van der Waals surface area contributed by atoms with E-state index >= 15 is 0 Å². The molecular formula is C15H21Cl2NO3. The van der Waals surface area contributed by atoms with Crippen molar-refractivity contribution in [2.45, 2.75) is 38.2 Å². The van der Waals surface area contributed by atoms with Crippen LogP contribution in [0.2, 0.25) is 0 Å². The molecule has 0 radical (unpaired) electrons. The Kier molecular flexibility index (Phi) is 7.12. The average Bonchev–Trinajstić information content (AvgIpc) is 2.45. The molecular weight excluding hydrogens is 313 g/mol. The van der Waals surface area contributed by atoms with Gasteiger partial charge in [0.05, 0.1) is 13.7 Å². The summed E-state index contributed by atoms with van der Waals surface area (Å²) in [4.78, 5) is 12.6. The summed E-state index contributed by atoms with van der Waals surface area (Å²) >= 11 is 11.4. The Balaban J connectivity index is 2.96. The molecule has 0 unspecified atom stereocenters. The average molecular weight is 334 g/mol. The summed E-state index contributed by atoms with van der Waals surface area (Å²) in [5.41, 5.74) is 0.923. The minimum absolute atomic E-state index is 0.00457. The molecule has 1 amide bonds. The van der Waals surface area contributed by atoms with Crippen LogP contribution in [0.25, 0.3) is 0 Å². The summed E-state index contributed by atoms with van der Waals surface area (Å²) in [6, 6.07) is 5.58. The van der Waals surface area contributed by atoms with Crippen molar-refractivity contribution in [3.05, 3.63) is 23.8 Å². The number of ether oxygens (including phenoxy) is 2. The maximum atomic E-state index is 12.0. The molecule has 0 atom stereocenters. The maximum absolute atomic E-state index is 12.0. The zero-order valence-electron chi connectivity index (χ0n) is 12.7. The number of hydrogen-bond donors (Lipinski definition) is 0. The van der Waals surface area contributed by atoms with Crippen molar-refractivity contribution in [2.75, 3.05) is 13.7 Å². The highest BCUT2D eigenvalue weighted by Crippen LogP contribution is 2.29. The van der Waals surface area contributed by atoms with Gasteiger partial charge in [-0.3, -0.25) is 4.79 Å². The fraction of sp³-hybridized carbons (Fsp3) is 0.533. The van der Waals surface area contributed by atoms with E-state index in [1.807, 2.05) is 39.0 Å². The van der Waals surface area contributed by atoms with Crippen LogP contribution in [0.4, 0.5) is 0 Å². The van der Waals surface area contributed by atoms with E-state index in [4.69, 9.17) is 32.7 Å². The highest BCUT2D eigenvalue weighted by atomic mass is 35.5. The fourth-order valence-electron chi connectivity index (χ4n) is 1.92. The van der Waals surface area contributed by atoms with E-state index in [1.165, 1.54) is 0 Å². The van der Waals surface area contributed by atoms with Gasteiger partial charge in [-0.1, -0.05) is 29.3 Å². The van der Waals surface area contributed by atoms with E-state index in [-0.39, 0.29) is 11.9 Å². The number of amides is 1. The first kappa shape index (κ1) is 17.9. The molecule has 0 aliphatic carbocycles. The van der Waals surface area contributed by atoms with Crippen LogP contribution >= 0.6 is 23.2 Å². The molecule has 21 heavy (non-hydrogen) atoms. The zero-order chi connectivity index (χ0) is 16.0. The molecule has 1 aromatic rings. The Labute approximate surface area is 135 Å². The lowest BCUT2D eigenvalue weighted by molar-refractivity contribution is -0.131. The molecule has 118 valence electrons. The van der Waals surface area contributed by atoms with Crippen LogP contribution in [0.1, 0.15) is 26.3 Å². The topological polar surface area (TPSA) is 38.8 Å². The van der Waals surface area contributed by atoms with Gasteiger partial charge in [-0.2, -0.15) is 0 Å². The minimum Gasteiger partial charge on any atom is -0.493 e. The molecule has 4 nitrogen and oxygen atoms in total. The lowest BCUT2D eigenvalue weighted by Crippen LogP contribution is -2.39. The van der Waals surface area contributed by atoms with Gasteiger partial charge >= 0.3 is 0 Å². The summed E-state index contributed by atoms with van der Waals surface area (Å²) < 4.78 is 10.8. The van der Waals surface area contributed by atoms with E-state index in [9.17, 15) is 4.79 Å². The Bertz CT molecular complexity index is 478. The number of carbonyl (C=O) groups is 1. The van der Waals surface area contributed by atoms with Crippen molar-refractivity contribution in [3.63, 3.8) is 0 Å². The number of carbonyl (C=O) groups excluding carboxylic acids is 1. The number of hydrogen-bond acceptors (Lipinski definition) is 3. The molecule has 6 heteroatoms. The van der Waals surface area contributed by atoms with Gasteiger partial charge in [-0.25, -0.2) is 0 Å². The van der Waals surface area contributed by atoms with Crippen LogP contribution in [0.5, 0.6) is 11.5 Å². The van der Waals surface area contributed by atoms with Crippen LogP contribution in [0.15, 0.2) is 18.2 Å². The predicted octanol–water partition coefficient (Wildman–Crippen LogP) is 3.63. The van der Waals surface area contributed by atoms with E-state index < -0.39 is 4.84 Å². The third-order valence-corrected chi connectivity index (χ3v) is 3.35. The van der Waals surface area contributed by atoms with Crippen molar-refractivity contribution in [1.29, 1.82) is 0 Å². The number of rotatable bonds is 7. The SMILES string of the molecule is CCOc1ccc(CN(C(=O)C(Cl)Cl)C(C)C)cc1OC. The number of nitrogens with zero attached hydrogens (tertiary/aromatic N) is 1. The summed E-state index contributed by atoms with van der Waals surface area (Å²) in [7, 11) is 1.58. The molecule has 0 aliphatic heterocycles. The first-order valence-electron chi connectivity index (χ1n) is 6.79. The van der Waals surface area contributed by atoms with Crippen LogP contribution in [-0.2, 0) is 11.3 Å². The zero-order valence-corrected chi connectivity index (χ0v) is 14.2. The smallest absolute Gasteiger partial charge is 0.256 e. The lowest BCUT2D eigenvalue weighted by atomic mass is 10.1. The highest BCUT2D eigenvalue weighted by molar-refractivity contribution is 6.53. The third-order valence-electron chi connectivity index (χ3n) is 2.97. The number of benzene rings is 1. The molecule has 1 aromatic carbocycles. The van der Waals surface area contributed by atoms with Crippen molar-refractivity contribution in [2.24, 2.45) is 0 Å². The van der Waals surface area contributed by atoms with Gasteiger partial charge in [-0.05, 0) is 38.5 Å². The van der Waals surface area contributed by atoms with Crippen molar-refractivity contribution in [1.82, 2.24) is 4.90 Å². The van der Waals surface area contributed by atoms with E-state index in [0.29, 0.717) is 24.7 Å². The van der Waals surface area contributed by atoms with Gasteiger partial charge in [0.25, 0.3) is 5.91 Å². The molecule has 0 heterocycles. The van der Waals surface area contributed by atoms with E-state index in [1.54, 1.807) is 12.0 Å². The Morgan fingerprint density at radius 1 is 1.29 bits per heavy atom. The molecule has 0 N–H and O–H groups in total. The van der Waals surface area contributed by atoms with Crippen LogP contribution in [0.3, 0.4) is 0 Å². The van der Waals surface area contributed by atoms with E-state index in [2.05, 4.69) is 0 Å². The molecule has 0 aromatic heterocycles. The first-order chi connectivity index (χ1) is 9.90. The quantitative estimate of drug-likeness (QED) is 0.715. The number of alkyl halides is 2. The van der Waals surface area contributed by atoms with Crippen LogP contribution in [-0.4, -0.2) is 35.4 Å². The van der Waals surface area contributed by atoms with Gasteiger partial charge in [0.2, 0.25) is 0 Å². The predicted molar refractivity (Wildman–Crippen MR) is 85.3 cm³/mol. The number of methoxy groups -OCH3 is 1. The minimum atomic E-state index is -1.06. The molecule has 0 spiro atoms. The summed E-state index contributed by atoms with van der Waals surface area (Å²) in [6.45, 7) is 6.72. The Morgan fingerprint density at radius 3 is 2.43 bits per heavy atom. The largest absolute Gasteiger partial charge is 0.493 e. The second-order valence-electron chi connectivity index (χ2n) is 4.78. The van der Waals surface area contributed by atoms with Gasteiger partial charge in [-0.15, -0.1) is 0 Å². The van der Waals surface area contributed by atoms with Crippen LogP contribution < -0.4 is 9.47 Å². The normalized spacial score (nSPS) is 10.9. The van der Waals surface area contributed by atoms with Gasteiger partial charge in [0.1, 0.15) is 0 Å². The second-order valence-corrected chi connectivity index (χ2v) is 5.88. The molecule has 0 aliphatic rings. The Hall–Kier alpha value is -1.13. The van der Waals surface area contributed by atoms with Crippen molar-refractivity contribution >= 4 is 29.1 Å². The van der Waals surface area contributed by atoms with Gasteiger partial charge < -0.3 is 14.4 Å². The highest BCUT2D eigenvalue weighted by Gasteiger charge is 2.23. The van der Waals surface area contributed by atoms with Crippen molar-refractivity contribution in [3.8, 4) is 11.5 Å². The maximum Gasteiger partial charge on any atom is 0.256 e. The van der Waals surface area contributed by atoms with Gasteiger partial charge in [0.15, 0.2) is 16.3 Å². The van der Waals surface area contributed by atoms with Crippen LogP contribution in [0, 0.1) is 0 Å². The monoisotopic (exact) mass is 333 g/mol. The molecule has 0 saturated carbocycles. The van der Waals surface area contributed by atoms with Crippen molar-refractivity contribution < 1.29 is 14.3 Å². The summed E-state index contributed by atoms with van der Waals surface area (Å²) in [5, 5.41) is 0. The number of halogens is 2. The standard InChI is InChI=1S/C15H21Cl2NO3/c1-5-21-12-7-6-11(8-13(12)20-4)9-18(10(2)3)15(19)14(16)17/h6-8,10,14H,5,9H2,1-4H3. The molecule has 0 fully saturated rings. The lowest BCUT2D eigenvalue weighted by Gasteiger charge is -2.27. The summed E-state index contributed by atoms with van der Waals surface area (Å²) in [5.74, 6) is 1.01. The first-order valence-corrected chi connectivity index (χ1v) is 7.66. The third kappa shape index (κ3) is 4.97. The molecule has 1 rings (SSSR count). The fourth-order valence-corrected chi connectivity index (χ4v) is 2.17.